The molecule has 0 N–H and O–H groups in total. The van der Waals surface area contributed by atoms with Gasteiger partial charge in [-0.05, 0) is 5.56 Å². The molecule has 0 unspecified atom stereocenters. The molecule has 0 saturated heterocycles. The van der Waals surface area contributed by atoms with Gasteiger partial charge in [-0.25, -0.2) is 0 Å². The highest BCUT2D eigenvalue weighted by atomic mass is 31.1. The second kappa shape index (κ2) is 5.87. The van der Waals surface area contributed by atoms with E-state index >= 15 is 0 Å². The summed E-state index contributed by atoms with van der Waals surface area (Å²) in [5.74, 6) is 0. The highest BCUT2D eigenvalue weighted by Crippen LogP contribution is 2.00. The van der Waals surface area contributed by atoms with Gasteiger partial charge in [-0.3, -0.25) is 4.57 Å². The van der Waals surface area contributed by atoms with Gasteiger partial charge >= 0.3 is 0 Å². The van der Waals surface area contributed by atoms with Gasteiger partial charge in [0.2, 0.25) is 0 Å². The van der Waals surface area contributed by atoms with Crippen LogP contribution in [0.15, 0.2) is 30.3 Å². The molecular weight excluding hydrogens is 171 g/mol. The summed E-state index contributed by atoms with van der Waals surface area (Å²) in [4.78, 5) is 0. The van der Waals surface area contributed by atoms with Gasteiger partial charge in [0.1, 0.15) is 0 Å². The Morgan fingerprint density at radius 3 is 2.67 bits per heavy atom. The van der Waals surface area contributed by atoms with Crippen LogP contribution in [-0.2, 0) is 15.9 Å². The van der Waals surface area contributed by atoms with E-state index in [2.05, 4.69) is 0 Å². The van der Waals surface area contributed by atoms with Crippen molar-refractivity contribution in [3.8, 4) is 0 Å². The van der Waals surface area contributed by atoms with E-state index in [9.17, 15) is 4.57 Å². The van der Waals surface area contributed by atoms with E-state index in [1.165, 1.54) is 0 Å². The third-order valence-electron chi connectivity index (χ3n) is 1.44. The summed E-state index contributed by atoms with van der Waals surface area (Å²) in [6.07, 6.45) is 0.576. The molecule has 0 aliphatic heterocycles. The van der Waals surface area contributed by atoms with Gasteiger partial charge in [-0.2, -0.15) is 0 Å². The van der Waals surface area contributed by atoms with Gasteiger partial charge in [0.05, 0.1) is 19.4 Å². The van der Waals surface area contributed by atoms with Crippen molar-refractivity contribution in [1.29, 1.82) is 0 Å². The zero-order chi connectivity index (χ0) is 8.65. The van der Waals surface area contributed by atoms with E-state index in [1.807, 2.05) is 30.3 Å². The third-order valence-corrected chi connectivity index (χ3v) is 1.80. The first-order valence-electron chi connectivity index (χ1n) is 3.84. The molecule has 0 heterocycles. The molecule has 1 aromatic rings. The number of benzene rings is 1. The van der Waals surface area contributed by atoms with Crippen molar-refractivity contribution in [2.24, 2.45) is 0 Å². The fourth-order valence-electron chi connectivity index (χ4n) is 0.866. The van der Waals surface area contributed by atoms with E-state index < -0.39 is 0 Å². The van der Waals surface area contributed by atoms with Crippen LogP contribution < -0.4 is 0 Å². The predicted octanol–water partition coefficient (Wildman–Crippen LogP) is 2.49. The van der Waals surface area contributed by atoms with Crippen LogP contribution in [0.1, 0.15) is 5.56 Å². The monoisotopic (exact) mass is 182 g/mol. The fourth-order valence-corrected chi connectivity index (χ4v) is 1.07. The molecule has 0 atom stereocenters. The summed E-state index contributed by atoms with van der Waals surface area (Å²) in [5.41, 5.74) is 1.15. The molecule has 0 aliphatic carbocycles. The predicted molar refractivity (Wildman–Crippen MR) is 48.6 cm³/mol. The van der Waals surface area contributed by atoms with Crippen LogP contribution >= 0.6 is 8.46 Å². The molecule has 3 heteroatoms. The SMILES string of the molecule is O=PCCOCc1ccccc1. The van der Waals surface area contributed by atoms with E-state index in [4.69, 9.17) is 4.74 Å². The van der Waals surface area contributed by atoms with Crippen LogP contribution in [0.25, 0.3) is 0 Å². The standard InChI is InChI=1S/C9H11O2P/c10-12-7-6-11-8-9-4-2-1-3-5-9/h1-5H,6-8H2. The number of hydrogen-bond donors (Lipinski definition) is 0. The van der Waals surface area contributed by atoms with Gasteiger partial charge in [-0.15, -0.1) is 0 Å². The second-order valence-electron chi connectivity index (χ2n) is 2.39. The van der Waals surface area contributed by atoms with Crippen LogP contribution in [0.3, 0.4) is 0 Å². The quantitative estimate of drug-likeness (QED) is 0.516. The van der Waals surface area contributed by atoms with Crippen molar-refractivity contribution in [2.75, 3.05) is 12.8 Å². The normalized spacial score (nSPS) is 10.3. The minimum Gasteiger partial charge on any atom is -0.376 e. The van der Waals surface area contributed by atoms with E-state index in [-0.39, 0.29) is 8.46 Å². The van der Waals surface area contributed by atoms with Crippen LogP contribution in [0.5, 0.6) is 0 Å². The maximum atomic E-state index is 10.0. The molecule has 0 aromatic heterocycles. The lowest BCUT2D eigenvalue weighted by atomic mass is 10.2. The average Bonchev–Trinajstić information content (AvgIpc) is 2.14. The molecular formula is C9H11O2P. The minimum absolute atomic E-state index is 0.156. The first-order chi connectivity index (χ1) is 5.93. The van der Waals surface area contributed by atoms with Gasteiger partial charge in [-0.1, -0.05) is 30.3 Å². The lowest BCUT2D eigenvalue weighted by Gasteiger charge is -2.00. The van der Waals surface area contributed by atoms with Crippen molar-refractivity contribution in [1.82, 2.24) is 0 Å². The Labute approximate surface area is 73.8 Å². The summed E-state index contributed by atoms with van der Waals surface area (Å²) in [6, 6.07) is 9.94. The summed E-state index contributed by atoms with van der Waals surface area (Å²) < 4.78 is 15.3. The van der Waals surface area contributed by atoms with Crippen molar-refractivity contribution >= 4 is 8.46 Å². The highest BCUT2D eigenvalue weighted by molar-refractivity contribution is 7.23. The van der Waals surface area contributed by atoms with Crippen molar-refractivity contribution in [2.45, 2.75) is 6.61 Å². The minimum atomic E-state index is 0.156. The van der Waals surface area contributed by atoms with E-state index in [1.54, 1.807) is 0 Å². The fraction of sp³-hybridized carbons (Fsp3) is 0.333. The molecule has 64 valence electrons. The van der Waals surface area contributed by atoms with Crippen LogP contribution in [0.2, 0.25) is 0 Å². The molecule has 12 heavy (non-hydrogen) atoms. The van der Waals surface area contributed by atoms with Crippen LogP contribution in [0.4, 0.5) is 0 Å². The lowest BCUT2D eigenvalue weighted by molar-refractivity contribution is 0.136. The molecule has 0 bridgehead atoms. The first kappa shape index (κ1) is 9.37. The Morgan fingerprint density at radius 2 is 2.00 bits per heavy atom. The number of rotatable bonds is 5. The molecule has 2 nitrogen and oxygen atoms in total. The third kappa shape index (κ3) is 3.61. The Morgan fingerprint density at radius 1 is 1.25 bits per heavy atom. The zero-order valence-electron chi connectivity index (χ0n) is 6.77. The number of ether oxygens (including phenoxy) is 1. The second-order valence-corrected chi connectivity index (χ2v) is 3.10. The van der Waals surface area contributed by atoms with Gasteiger partial charge in [0.15, 0.2) is 8.46 Å². The highest BCUT2D eigenvalue weighted by Gasteiger charge is 1.90. The number of hydrogen-bond acceptors (Lipinski definition) is 2. The zero-order valence-corrected chi connectivity index (χ0v) is 7.67. The molecule has 1 aromatic carbocycles. The van der Waals surface area contributed by atoms with Gasteiger partial charge in [0, 0.05) is 0 Å². The summed E-state index contributed by atoms with van der Waals surface area (Å²) >= 11 is 0. The largest absolute Gasteiger partial charge is 0.376 e. The smallest absolute Gasteiger partial charge is 0.157 e. The topological polar surface area (TPSA) is 26.3 Å². The molecule has 0 amide bonds. The van der Waals surface area contributed by atoms with Gasteiger partial charge < -0.3 is 4.74 Å². The Balaban J connectivity index is 2.20. The maximum Gasteiger partial charge on any atom is 0.157 e. The Hall–Kier alpha value is -0.720. The van der Waals surface area contributed by atoms with Crippen LogP contribution in [-0.4, -0.2) is 12.8 Å². The summed E-state index contributed by atoms with van der Waals surface area (Å²) in [5, 5.41) is 0. The molecule has 0 spiro atoms. The lowest BCUT2D eigenvalue weighted by Crippen LogP contribution is -1.95. The summed E-state index contributed by atoms with van der Waals surface area (Å²) in [7, 11) is 0.156. The molecule has 0 saturated carbocycles. The maximum absolute atomic E-state index is 10.0. The Bertz CT molecular complexity index is 223. The van der Waals surface area contributed by atoms with Crippen LogP contribution in [0, 0.1) is 0 Å². The first-order valence-corrected chi connectivity index (χ1v) is 4.84. The van der Waals surface area contributed by atoms with E-state index in [0.29, 0.717) is 19.4 Å². The molecule has 1 rings (SSSR count). The molecule has 0 fully saturated rings. The summed E-state index contributed by atoms with van der Waals surface area (Å²) in [6.45, 7) is 1.16. The van der Waals surface area contributed by atoms with Crippen molar-refractivity contribution in [3.63, 3.8) is 0 Å². The molecule has 0 radical (unpaired) electrons. The van der Waals surface area contributed by atoms with E-state index in [0.717, 1.165) is 5.56 Å². The van der Waals surface area contributed by atoms with Crippen molar-refractivity contribution in [3.05, 3.63) is 35.9 Å². The molecule has 0 aliphatic rings. The van der Waals surface area contributed by atoms with Gasteiger partial charge in [0.25, 0.3) is 0 Å². The van der Waals surface area contributed by atoms with Crippen molar-refractivity contribution < 1.29 is 9.30 Å². The Kier molecular flexibility index (Phi) is 4.58. The average molecular weight is 182 g/mol.